The molecule has 0 aliphatic carbocycles. The first kappa shape index (κ1) is 15.6. The van der Waals surface area contributed by atoms with E-state index in [1.54, 1.807) is 25.2 Å². The van der Waals surface area contributed by atoms with E-state index in [0.29, 0.717) is 11.0 Å². The molecule has 9 heteroatoms. The molecule has 0 radical (unpaired) electrons. The maximum atomic E-state index is 12.9. The van der Waals surface area contributed by atoms with E-state index in [0.717, 1.165) is 27.0 Å². The lowest BCUT2D eigenvalue weighted by Gasteiger charge is -2.15. The number of para-hydroxylation sites is 1. The van der Waals surface area contributed by atoms with Crippen molar-refractivity contribution in [2.24, 2.45) is 0 Å². The van der Waals surface area contributed by atoms with Gasteiger partial charge in [0.15, 0.2) is 0 Å². The highest BCUT2D eigenvalue weighted by Crippen LogP contribution is 2.27. The van der Waals surface area contributed by atoms with Gasteiger partial charge in [-0.25, -0.2) is 13.4 Å². The molecule has 0 aliphatic heterocycles. The Morgan fingerprint density at radius 1 is 1.04 bits per heavy atom. The van der Waals surface area contributed by atoms with Gasteiger partial charge in [0.1, 0.15) is 20.9 Å². The van der Waals surface area contributed by atoms with E-state index in [1.165, 1.54) is 15.6 Å². The summed E-state index contributed by atoms with van der Waals surface area (Å²) in [6.45, 7) is 0.218. The maximum absolute atomic E-state index is 12.9. The fourth-order valence-corrected chi connectivity index (χ4v) is 5.40. The smallest absolute Gasteiger partial charge is 0.240 e. The Morgan fingerprint density at radius 3 is 2.67 bits per heavy atom. The van der Waals surface area contributed by atoms with Crippen molar-refractivity contribution < 1.29 is 8.42 Å². The maximum Gasteiger partial charge on any atom is 0.245 e. The van der Waals surface area contributed by atoms with Crippen molar-refractivity contribution in [2.75, 3.05) is 7.05 Å². The van der Waals surface area contributed by atoms with E-state index < -0.39 is 10.0 Å². The molecule has 122 valence electrons. The van der Waals surface area contributed by atoms with Crippen molar-refractivity contribution >= 4 is 54.3 Å². The zero-order valence-electron chi connectivity index (χ0n) is 12.6. The highest BCUT2D eigenvalue weighted by molar-refractivity contribution is 7.89. The summed E-state index contributed by atoms with van der Waals surface area (Å²) in [4.78, 5) is 4.68. The molecule has 0 saturated carbocycles. The number of hydrogen-bond donors (Lipinski definition) is 0. The molecule has 0 aliphatic rings. The standard InChI is InChI=1S/C15H12N4O2S3/c1-19(9-14-16-10-5-2-3-7-12(10)22-14)24(20,21)13-8-4-6-11-15(13)18-23-17-11/h2-8H,9H2,1H3. The highest BCUT2D eigenvalue weighted by Gasteiger charge is 2.25. The van der Waals surface area contributed by atoms with Gasteiger partial charge >= 0.3 is 0 Å². The fourth-order valence-electron chi connectivity index (χ4n) is 2.42. The van der Waals surface area contributed by atoms with Crippen molar-refractivity contribution in [1.29, 1.82) is 0 Å². The fraction of sp³-hybridized carbons (Fsp3) is 0.133. The van der Waals surface area contributed by atoms with Gasteiger partial charge in [-0.1, -0.05) is 18.2 Å². The summed E-state index contributed by atoms with van der Waals surface area (Å²) >= 11 is 2.51. The number of hydrogen-bond acceptors (Lipinski definition) is 7. The molecule has 6 nitrogen and oxygen atoms in total. The van der Waals surface area contributed by atoms with Gasteiger partial charge in [-0.3, -0.25) is 0 Å². The van der Waals surface area contributed by atoms with Crippen LogP contribution in [0.25, 0.3) is 21.3 Å². The zero-order chi connectivity index (χ0) is 16.7. The quantitative estimate of drug-likeness (QED) is 0.547. The van der Waals surface area contributed by atoms with E-state index in [-0.39, 0.29) is 11.4 Å². The Balaban J connectivity index is 1.70. The zero-order valence-corrected chi connectivity index (χ0v) is 15.0. The van der Waals surface area contributed by atoms with Crippen LogP contribution >= 0.6 is 23.1 Å². The summed E-state index contributed by atoms with van der Waals surface area (Å²) in [5, 5.41) is 0.755. The highest BCUT2D eigenvalue weighted by atomic mass is 32.2. The number of rotatable bonds is 4. The van der Waals surface area contributed by atoms with Crippen molar-refractivity contribution in [2.45, 2.75) is 11.4 Å². The summed E-state index contributed by atoms with van der Waals surface area (Å²) in [6, 6.07) is 12.8. The molecule has 2 aromatic carbocycles. The van der Waals surface area contributed by atoms with Gasteiger partial charge in [0.25, 0.3) is 0 Å². The molecule has 24 heavy (non-hydrogen) atoms. The summed E-state index contributed by atoms with van der Waals surface area (Å²) in [5.74, 6) is 0. The summed E-state index contributed by atoms with van der Waals surface area (Å²) in [6.07, 6.45) is 0. The topological polar surface area (TPSA) is 76.1 Å². The van der Waals surface area contributed by atoms with Gasteiger partial charge in [0.05, 0.1) is 28.5 Å². The minimum Gasteiger partial charge on any atom is -0.240 e. The molecular weight excluding hydrogens is 364 g/mol. The lowest BCUT2D eigenvalue weighted by atomic mass is 10.3. The van der Waals surface area contributed by atoms with Crippen LogP contribution in [0.4, 0.5) is 0 Å². The molecular formula is C15H12N4O2S3. The van der Waals surface area contributed by atoms with Crippen LogP contribution in [0.1, 0.15) is 5.01 Å². The molecule has 0 N–H and O–H groups in total. The van der Waals surface area contributed by atoms with Gasteiger partial charge in [-0.2, -0.15) is 13.1 Å². The lowest BCUT2D eigenvalue weighted by molar-refractivity contribution is 0.467. The van der Waals surface area contributed by atoms with Crippen LogP contribution in [0.3, 0.4) is 0 Å². The molecule has 0 amide bonds. The third-order valence-electron chi connectivity index (χ3n) is 3.63. The molecule has 4 aromatic rings. The molecule has 0 atom stereocenters. The molecule has 0 spiro atoms. The molecule has 0 saturated heterocycles. The Kier molecular flexibility index (Phi) is 3.80. The van der Waals surface area contributed by atoms with Gasteiger partial charge in [0, 0.05) is 7.05 Å². The minimum absolute atomic E-state index is 0.178. The predicted molar refractivity (Wildman–Crippen MR) is 95.7 cm³/mol. The van der Waals surface area contributed by atoms with Crippen molar-refractivity contribution in [1.82, 2.24) is 18.0 Å². The second kappa shape index (κ2) is 5.85. The summed E-state index contributed by atoms with van der Waals surface area (Å²) in [7, 11) is -2.11. The second-order valence-corrected chi connectivity index (χ2v) is 8.88. The van der Waals surface area contributed by atoms with E-state index in [4.69, 9.17) is 0 Å². The average Bonchev–Trinajstić information content (AvgIpc) is 3.19. The van der Waals surface area contributed by atoms with Crippen LogP contribution in [0.2, 0.25) is 0 Å². The van der Waals surface area contributed by atoms with Gasteiger partial charge in [0.2, 0.25) is 10.0 Å². The van der Waals surface area contributed by atoms with Crippen LogP contribution < -0.4 is 0 Å². The molecule has 0 fully saturated rings. The van der Waals surface area contributed by atoms with E-state index in [2.05, 4.69) is 13.7 Å². The average molecular weight is 376 g/mol. The van der Waals surface area contributed by atoms with E-state index in [1.807, 2.05) is 24.3 Å². The summed E-state index contributed by atoms with van der Waals surface area (Å²) < 4.78 is 36.4. The molecule has 4 rings (SSSR count). The number of nitrogens with zero attached hydrogens (tertiary/aromatic N) is 4. The van der Waals surface area contributed by atoms with Crippen molar-refractivity contribution in [3.8, 4) is 0 Å². The van der Waals surface area contributed by atoms with Gasteiger partial charge in [-0.15, -0.1) is 11.3 Å². The lowest BCUT2D eigenvalue weighted by Crippen LogP contribution is -2.26. The predicted octanol–water partition coefficient (Wildman–Crippen LogP) is 3.12. The second-order valence-electron chi connectivity index (χ2n) is 5.22. The first-order chi connectivity index (χ1) is 11.6. The Hall–Kier alpha value is -1.94. The molecule has 2 heterocycles. The van der Waals surface area contributed by atoms with Crippen LogP contribution in [0.5, 0.6) is 0 Å². The third-order valence-corrected chi connectivity index (χ3v) is 7.03. The summed E-state index contributed by atoms with van der Waals surface area (Å²) in [5.41, 5.74) is 1.89. The van der Waals surface area contributed by atoms with Crippen LogP contribution in [0.15, 0.2) is 47.4 Å². The van der Waals surface area contributed by atoms with Crippen LogP contribution in [0, 0.1) is 0 Å². The SMILES string of the molecule is CN(Cc1nc2ccccc2s1)S(=O)(=O)c1cccc2nsnc12. The van der Waals surface area contributed by atoms with E-state index >= 15 is 0 Å². The van der Waals surface area contributed by atoms with Crippen molar-refractivity contribution in [3.05, 3.63) is 47.5 Å². The Bertz CT molecular complexity index is 1100. The number of benzene rings is 2. The van der Waals surface area contributed by atoms with Gasteiger partial charge < -0.3 is 0 Å². The molecule has 0 bridgehead atoms. The number of thiazole rings is 1. The first-order valence-electron chi connectivity index (χ1n) is 7.08. The number of sulfonamides is 1. The number of aromatic nitrogens is 3. The third kappa shape index (κ3) is 2.59. The molecule has 0 unspecified atom stereocenters. The largest absolute Gasteiger partial charge is 0.245 e. The normalized spacial score (nSPS) is 12.4. The monoisotopic (exact) mass is 376 g/mol. The minimum atomic E-state index is -3.67. The van der Waals surface area contributed by atoms with Gasteiger partial charge in [-0.05, 0) is 24.3 Å². The first-order valence-corrected chi connectivity index (χ1v) is 10.1. The van der Waals surface area contributed by atoms with E-state index in [9.17, 15) is 8.42 Å². The number of fused-ring (bicyclic) bond motifs is 2. The van der Waals surface area contributed by atoms with Crippen LogP contribution in [-0.2, 0) is 16.6 Å². The molecule has 2 aromatic heterocycles. The Labute approximate surface area is 146 Å². The Morgan fingerprint density at radius 2 is 1.83 bits per heavy atom. The van der Waals surface area contributed by atoms with Crippen molar-refractivity contribution in [3.63, 3.8) is 0 Å². The van der Waals surface area contributed by atoms with Crippen LogP contribution in [-0.4, -0.2) is 33.5 Å².